The Balaban J connectivity index is 1.89. The van der Waals surface area contributed by atoms with Crippen LogP contribution >= 0.6 is 0 Å². The van der Waals surface area contributed by atoms with E-state index in [9.17, 15) is 9.59 Å². The molecule has 2 aliphatic heterocycles. The standard InChI is InChI=1S/C16H29N3O3/c1-11-4-5-13(15(20)18-6-7-22-3)10-19(11)16(21)12(2)14-8-17-9-14/h11-14,17H,4-10H2,1-3H3,(H,18,20). The Labute approximate surface area is 132 Å². The van der Waals surface area contributed by atoms with E-state index in [1.165, 1.54) is 0 Å². The van der Waals surface area contributed by atoms with Crippen LogP contribution in [0.3, 0.4) is 0 Å². The molecule has 2 fully saturated rings. The van der Waals surface area contributed by atoms with Crippen LogP contribution in [0.2, 0.25) is 0 Å². The maximum Gasteiger partial charge on any atom is 0.226 e. The van der Waals surface area contributed by atoms with Crippen LogP contribution in [0.1, 0.15) is 26.7 Å². The molecule has 2 aliphatic rings. The Morgan fingerprint density at radius 2 is 2.09 bits per heavy atom. The predicted octanol–water partition coefficient (Wildman–Crippen LogP) is 0.232. The van der Waals surface area contributed by atoms with Gasteiger partial charge in [0.2, 0.25) is 11.8 Å². The van der Waals surface area contributed by atoms with Crippen molar-refractivity contribution in [2.24, 2.45) is 17.8 Å². The highest BCUT2D eigenvalue weighted by atomic mass is 16.5. The number of rotatable bonds is 6. The number of methoxy groups -OCH3 is 1. The summed E-state index contributed by atoms with van der Waals surface area (Å²) in [4.78, 5) is 26.8. The third kappa shape index (κ3) is 3.98. The van der Waals surface area contributed by atoms with Crippen molar-refractivity contribution >= 4 is 11.8 Å². The minimum absolute atomic E-state index is 0.0407. The minimum Gasteiger partial charge on any atom is -0.383 e. The van der Waals surface area contributed by atoms with Gasteiger partial charge in [0.1, 0.15) is 0 Å². The van der Waals surface area contributed by atoms with Gasteiger partial charge in [0.25, 0.3) is 0 Å². The summed E-state index contributed by atoms with van der Waals surface area (Å²) in [6, 6.07) is 0.228. The summed E-state index contributed by atoms with van der Waals surface area (Å²) in [7, 11) is 1.62. The highest BCUT2D eigenvalue weighted by molar-refractivity contribution is 5.82. The smallest absolute Gasteiger partial charge is 0.226 e. The molecule has 126 valence electrons. The van der Waals surface area contributed by atoms with Crippen LogP contribution in [-0.4, -0.2) is 62.7 Å². The molecule has 3 atom stereocenters. The summed E-state index contributed by atoms with van der Waals surface area (Å²) >= 11 is 0. The van der Waals surface area contributed by atoms with Crippen LogP contribution in [0.25, 0.3) is 0 Å². The van der Waals surface area contributed by atoms with Crippen LogP contribution in [0.4, 0.5) is 0 Å². The van der Waals surface area contributed by atoms with E-state index in [0.717, 1.165) is 25.9 Å². The zero-order chi connectivity index (χ0) is 16.1. The number of piperidine rings is 1. The average Bonchev–Trinajstić information content (AvgIpc) is 2.45. The van der Waals surface area contributed by atoms with Gasteiger partial charge in [0.15, 0.2) is 0 Å². The second-order valence-corrected chi connectivity index (χ2v) is 6.60. The van der Waals surface area contributed by atoms with E-state index in [0.29, 0.717) is 25.6 Å². The van der Waals surface area contributed by atoms with Crippen molar-refractivity contribution in [1.29, 1.82) is 0 Å². The van der Waals surface area contributed by atoms with Gasteiger partial charge < -0.3 is 20.3 Å². The fraction of sp³-hybridized carbons (Fsp3) is 0.875. The molecule has 2 rings (SSSR count). The molecule has 0 aromatic rings. The maximum absolute atomic E-state index is 12.7. The topological polar surface area (TPSA) is 70.7 Å². The Kier molecular flexibility index (Phi) is 6.20. The molecule has 0 bridgehead atoms. The zero-order valence-electron chi connectivity index (χ0n) is 13.9. The van der Waals surface area contributed by atoms with Crippen molar-refractivity contribution in [2.75, 3.05) is 39.9 Å². The van der Waals surface area contributed by atoms with Crippen molar-refractivity contribution in [3.63, 3.8) is 0 Å². The number of nitrogens with zero attached hydrogens (tertiary/aromatic N) is 1. The molecule has 6 nitrogen and oxygen atoms in total. The molecule has 2 amide bonds. The molecular formula is C16H29N3O3. The quantitative estimate of drug-likeness (QED) is 0.689. The van der Waals surface area contributed by atoms with Crippen LogP contribution in [0.5, 0.6) is 0 Å². The van der Waals surface area contributed by atoms with Gasteiger partial charge in [-0.2, -0.15) is 0 Å². The number of carbonyl (C=O) groups excluding carboxylic acids is 2. The van der Waals surface area contributed by atoms with Gasteiger partial charge in [-0.05, 0) is 38.8 Å². The molecule has 0 aromatic carbocycles. The third-order valence-electron chi connectivity index (χ3n) is 5.05. The predicted molar refractivity (Wildman–Crippen MR) is 84.3 cm³/mol. The molecule has 3 unspecified atom stereocenters. The van der Waals surface area contributed by atoms with E-state index in [-0.39, 0.29) is 29.7 Å². The second kappa shape index (κ2) is 7.92. The molecule has 2 saturated heterocycles. The fourth-order valence-corrected chi connectivity index (χ4v) is 3.18. The van der Waals surface area contributed by atoms with Gasteiger partial charge in [-0.3, -0.25) is 9.59 Å². The van der Waals surface area contributed by atoms with Gasteiger partial charge in [-0.1, -0.05) is 6.92 Å². The molecule has 6 heteroatoms. The molecule has 2 N–H and O–H groups in total. The Hall–Kier alpha value is -1.14. The van der Waals surface area contributed by atoms with E-state index in [1.807, 2.05) is 11.8 Å². The molecule has 0 saturated carbocycles. The number of hydrogen-bond donors (Lipinski definition) is 2. The van der Waals surface area contributed by atoms with Crippen molar-refractivity contribution in [3.8, 4) is 0 Å². The third-order valence-corrected chi connectivity index (χ3v) is 5.05. The Morgan fingerprint density at radius 3 is 2.68 bits per heavy atom. The van der Waals surface area contributed by atoms with E-state index in [4.69, 9.17) is 4.74 Å². The van der Waals surface area contributed by atoms with Gasteiger partial charge in [0, 0.05) is 32.2 Å². The summed E-state index contributed by atoms with van der Waals surface area (Å²) in [5, 5.41) is 6.11. The first-order chi connectivity index (χ1) is 10.5. The van der Waals surface area contributed by atoms with Crippen LogP contribution in [0, 0.1) is 17.8 Å². The van der Waals surface area contributed by atoms with Crippen molar-refractivity contribution in [2.45, 2.75) is 32.7 Å². The van der Waals surface area contributed by atoms with E-state index >= 15 is 0 Å². The zero-order valence-corrected chi connectivity index (χ0v) is 13.9. The van der Waals surface area contributed by atoms with E-state index in [1.54, 1.807) is 7.11 Å². The summed E-state index contributed by atoms with van der Waals surface area (Å²) < 4.78 is 4.95. The molecule has 0 aliphatic carbocycles. The normalized spacial score (nSPS) is 27.1. The first-order valence-corrected chi connectivity index (χ1v) is 8.32. The van der Waals surface area contributed by atoms with Gasteiger partial charge in [-0.15, -0.1) is 0 Å². The highest BCUT2D eigenvalue weighted by Crippen LogP contribution is 2.26. The van der Waals surface area contributed by atoms with Gasteiger partial charge in [-0.25, -0.2) is 0 Å². The molecule has 0 aromatic heterocycles. The van der Waals surface area contributed by atoms with Crippen LogP contribution < -0.4 is 10.6 Å². The fourth-order valence-electron chi connectivity index (χ4n) is 3.18. The Morgan fingerprint density at radius 1 is 1.36 bits per heavy atom. The average molecular weight is 311 g/mol. The van der Waals surface area contributed by atoms with Crippen molar-refractivity contribution < 1.29 is 14.3 Å². The van der Waals surface area contributed by atoms with Crippen LogP contribution in [0.15, 0.2) is 0 Å². The van der Waals surface area contributed by atoms with E-state index < -0.39 is 0 Å². The lowest BCUT2D eigenvalue weighted by Crippen LogP contribution is -2.55. The molecule has 0 radical (unpaired) electrons. The largest absolute Gasteiger partial charge is 0.383 e. The lowest BCUT2D eigenvalue weighted by Gasteiger charge is -2.41. The van der Waals surface area contributed by atoms with Crippen molar-refractivity contribution in [1.82, 2.24) is 15.5 Å². The summed E-state index contributed by atoms with van der Waals surface area (Å²) in [6.45, 7) is 7.55. The Bertz CT molecular complexity index is 398. The lowest BCUT2D eigenvalue weighted by atomic mass is 9.85. The number of ether oxygens (including phenoxy) is 1. The molecular weight excluding hydrogens is 282 g/mol. The van der Waals surface area contributed by atoms with Crippen LogP contribution in [-0.2, 0) is 14.3 Å². The monoisotopic (exact) mass is 311 g/mol. The maximum atomic E-state index is 12.7. The lowest BCUT2D eigenvalue weighted by molar-refractivity contribution is -0.143. The van der Waals surface area contributed by atoms with Gasteiger partial charge in [0.05, 0.1) is 12.5 Å². The number of likely N-dealkylation sites (tertiary alicyclic amines) is 1. The number of amides is 2. The molecule has 0 spiro atoms. The number of hydrogen-bond acceptors (Lipinski definition) is 4. The summed E-state index contributed by atoms with van der Waals surface area (Å²) in [5.74, 6) is 0.631. The van der Waals surface area contributed by atoms with Crippen molar-refractivity contribution in [3.05, 3.63) is 0 Å². The first-order valence-electron chi connectivity index (χ1n) is 8.32. The second-order valence-electron chi connectivity index (χ2n) is 6.60. The minimum atomic E-state index is -0.0938. The number of carbonyl (C=O) groups is 2. The first kappa shape index (κ1) is 17.2. The SMILES string of the molecule is COCCNC(=O)C1CCC(C)N(C(=O)C(C)C2CNC2)C1. The number of nitrogens with one attached hydrogen (secondary N) is 2. The van der Waals surface area contributed by atoms with E-state index in [2.05, 4.69) is 17.6 Å². The highest BCUT2D eigenvalue weighted by Gasteiger charge is 2.37. The summed E-state index contributed by atoms with van der Waals surface area (Å²) in [5.41, 5.74) is 0. The molecule has 2 heterocycles. The molecule has 22 heavy (non-hydrogen) atoms. The summed E-state index contributed by atoms with van der Waals surface area (Å²) in [6.07, 6.45) is 1.74. The van der Waals surface area contributed by atoms with Gasteiger partial charge >= 0.3 is 0 Å².